The summed E-state index contributed by atoms with van der Waals surface area (Å²) in [6.45, 7) is 0. The van der Waals surface area contributed by atoms with Gasteiger partial charge in [0.2, 0.25) is 0 Å². The molecule has 0 aliphatic heterocycles. The van der Waals surface area contributed by atoms with Gasteiger partial charge in [-0.1, -0.05) is 15.9 Å². The Morgan fingerprint density at radius 2 is 2.29 bits per heavy atom. The van der Waals surface area contributed by atoms with Crippen LogP contribution in [0.15, 0.2) is 12.1 Å². The number of carbonyl (C=O) groups excluding carboxylic acids is 1. The van der Waals surface area contributed by atoms with Gasteiger partial charge in [-0.15, -0.1) is 0 Å². The number of hydrogen-bond acceptors (Lipinski definition) is 5. The van der Waals surface area contributed by atoms with Gasteiger partial charge in [-0.2, -0.15) is 5.26 Å². The zero-order valence-electron chi connectivity index (χ0n) is 8.77. The number of nitro benzene ring substituents is 1. The largest absolute Gasteiger partial charge is 0.496 e. The van der Waals surface area contributed by atoms with Crippen LogP contribution < -0.4 is 4.74 Å². The quantitative estimate of drug-likeness (QED) is 0.367. The molecular formula is C10H7BrN2O4. The standard InChI is InChI=1S/C10H7BrN2O4/c1-17-10-3-8(13(15)16)6(5-12)2-7(10)9(14)4-11/h2-3H,4H2,1H3. The summed E-state index contributed by atoms with van der Waals surface area (Å²) in [4.78, 5) is 21.5. The van der Waals surface area contributed by atoms with Crippen LogP contribution in [0.3, 0.4) is 0 Å². The second-order valence-electron chi connectivity index (χ2n) is 3.00. The molecule has 6 nitrogen and oxygen atoms in total. The van der Waals surface area contributed by atoms with Gasteiger partial charge in [-0.05, 0) is 6.07 Å². The van der Waals surface area contributed by atoms with Crippen LogP contribution in [-0.2, 0) is 0 Å². The van der Waals surface area contributed by atoms with E-state index in [1.165, 1.54) is 13.2 Å². The molecule has 0 amide bonds. The minimum absolute atomic E-state index is 0.0477. The lowest BCUT2D eigenvalue weighted by molar-refractivity contribution is -0.385. The fourth-order valence-corrected chi connectivity index (χ4v) is 1.57. The average Bonchev–Trinajstić information content (AvgIpc) is 2.35. The first-order chi connectivity index (χ1) is 8.04. The number of ketones is 1. The van der Waals surface area contributed by atoms with Crippen LogP contribution in [0.4, 0.5) is 5.69 Å². The van der Waals surface area contributed by atoms with E-state index in [-0.39, 0.29) is 33.7 Å². The molecule has 1 rings (SSSR count). The summed E-state index contributed by atoms with van der Waals surface area (Å²) in [6, 6.07) is 3.93. The van der Waals surface area contributed by atoms with Gasteiger partial charge in [0.05, 0.1) is 29.0 Å². The van der Waals surface area contributed by atoms with Crippen LogP contribution in [0.2, 0.25) is 0 Å². The number of rotatable bonds is 4. The van der Waals surface area contributed by atoms with Gasteiger partial charge in [0.1, 0.15) is 17.4 Å². The molecule has 0 saturated carbocycles. The van der Waals surface area contributed by atoms with Gasteiger partial charge in [0.15, 0.2) is 5.78 Å². The second kappa shape index (κ2) is 5.41. The van der Waals surface area contributed by atoms with Crippen LogP contribution in [0.1, 0.15) is 15.9 Å². The van der Waals surface area contributed by atoms with Crippen molar-refractivity contribution in [3.63, 3.8) is 0 Å². The van der Waals surface area contributed by atoms with E-state index in [9.17, 15) is 14.9 Å². The fraction of sp³-hybridized carbons (Fsp3) is 0.200. The maximum atomic E-state index is 11.5. The number of nitro groups is 1. The van der Waals surface area contributed by atoms with Crippen molar-refractivity contribution in [3.05, 3.63) is 33.4 Å². The summed E-state index contributed by atoms with van der Waals surface area (Å²) in [5, 5.41) is 19.5. The van der Waals surface area contributed by atoms with E-state index in [4.69, 9.17) is 10.00 Å². The van der Waals surface area contributed by atoms with Gasteiger partial charge < -0.3 is 4.74 Å². The van der Waals surface area contributed by atoms with E-state index in [1.54, 1.807) is 6.07 Å². The van der Waals surface area contributed by atoms with Crippen LogP contribution >= 0.6 is 15.9 Å². The predicted octanol–water partition coefficient (Wildman–Crippen LogP) is 2.05. The molecule has 0 unspecified atom stereocenters. The molecule has 1 aromatic rings. The van der Waals surface area contributed by atoms with E-state index in [1.807, 2.05) is 0 Å². The number of carbonyl (C=O) groups is 1. The van der Waals surface area contributed by atoms with Crippen molar-refractivity contribution in [2.75, 3.05) is 12.4 Å². The van der Waals surface area contributed by atoms with E-state index in [0.29, 0.717) is 0 Å². The van der Waals surface area contributed by atoms with Crippen molar-refractivity contribution >= 4 is 27.4 Å². The highest BCUT2D eigenvalue weighted by Crippen LogP contribution is 2.29. The van der Waals surface area contributed by atoms with Crippen molar-refractivity contribution in [1.29, 1.82) is 5.26 Å². The van der Waals surface area contributed by atoms with E-state index >= 15 is 0 Å². The topological polar surface area (TPSA) is 93.2 Å². The van der Waals surface area contributed by atoms with E-state index in [2.05, 4.69) is 15.9 Å². The van der Waals surface area contributed by atoms with Crippen molar-refractivity contribution in [2.24, 2.45) is 0 Å². The zero-order valence-corrected chi connectivity index (χ0v) is 10.4. The Morgan fingerprint density at radius 3 is 2.71 bits per heavy atom. The van der Waals surface area contributed by atoms with Gasteiger partial charge >= 0.3 is 0 Å². The number of hydrogen-bond donors (Lipinski definition) is 0. The molecule has 0 N–H and O–H groups in total. The molecule has 7 heteroatoms. The number of nitriles is 1. The molecular weight excluding hydrogens is 292 g/mol. The summed E-state index contributed by atoms with van der Waals surface area (Å²) in [6.07, 6.45) is 0. The summed E-state index contributed by atoms with van der Waals surface area (Å²) >= 11 is 2.99. The molecule has 1 aromatic carbocycles. The van der Waals surface area contributed by atoms with Gasteiger partial charge in [-0.3, -0.25) is 14.9 Å². The minimum atomic E-state index is -0.691. The van der Waals surface area contributed by atoms with Crippen molar-refractivity contribution in [2.45, 2.75) is 0 Å². The second-order valence-corrected chi connectivity index (χ2v) is 3.56. The maximum Gasteiger partial charge on any atom is 0.290 e. The third kappa shape index (κ3) is 2.60. The van der Waals surface area contributed by atoms with Gasteiger partial charge in [0.25, 0.3) is 5.69 Å². The number of methoxy groups -OCH3 is 1. The van der Waals surface area contributed by atoms with Crippen LogP contribution in [0, 0.1) is 21.4 Å². The molecule has 0 radical (unpaired) electrons. The summed E-state index contributed by atoms with van der Waals surface area (Å²) in [5.41, 5.74) is -0.401. The van der Waals surface area contributed by atoms with E-state index in [0.717, 1.165) is 6.07 Å². The predicted molar refractivity (Wildman–Crippen MR) is 62.5 cm³/mol. The first-order valence-electron chi connectivity index (χ1n) is 4.40. The molecule has 0 fully saturated rings. The Balaban J connectivity index is 3.50. The van der Waals surface area contributed by atoms with Crippen LogP contribution in [-0.4, -0.2) is 23.1 Å². The first kappa shape index (κ1) is 13.1. The van der Waals surface area contributed by atoms with Crippen LogP contribution in [0.5, 0.6) is 5.75 Å². The molecule has 0 bridgehead atoms. The Bertz CT molecular complexity index is 522. The highest BCUT2D eigenvalue weighted by molar-refractivity contribution is 9.09. The first-order valence-corrected chi connectivity index (χ1v) is 5.53. The Kier molecular flexibility index (Phi) is 4.17. The number of Topliss-reactive ketones (excluding diaryl/α,β-unsaturated/α-hetero) is 1. The normalized spacial score (nSPS) is 9.47. The number of ether oxygens (including phenoxy) is 1. The van der Waals surface area contributed by atoms with Crippen molar-refractivity contribution in [3.8, 4) is 11.8 Å². The highest BCUT2D eigenvalue weighted by Gasteiger charge is 2.21. The lowest BCUT2D eigenvalue weighted by atomic mass is 10.1. The molecule has 0 aliphatic rings. The van der Waals surface area contributed by atoms with Crippen LogP contribution in [0.25, 0.3) is 0 Å². The number of benzene rings is 1. The SMILES string of the molecule is COc1cc([N+](=O)[O-])c(C#N)cc1C(=O)CBr. The van der Waals surface area contributed by atoms with E-state index < -0.39 is 4.92 Å². The minimum Gasteiger partial charge on any atom is -0.496 e. The maximum absolute atomic E-state index is 11.5. The molecule has 88 valence electrons. The molecule has 0 aliphatic carbocycles. The zero-order chi connectivity index (χ0) is 13.0. The summed E-state index contributed by atoms with van der Waals surface area (Å²) in [5.74, 6) is -0.228. The Hall–Kier alpha value is -1.94. The Morgan fingerprint density at radius 1 is 1.65 bits per heavy atom. The molecule has 0 saturated heterocycles. The average molecular weight is 299 g/mol. The smallest absolute Gasteiger partial charge is 0.290 e. The van der Waals surface area contributed by atoms with Crippen molar-refractivity contribution in [1.82, 2.24) is 0 Å². The summed E-state index contributed by atoms with van der Waals surface area (Å²) in [7, 11) is 1.30. The third-order valence-electron chi connectivity index (χ3n) is 2.06. The lowest BCUT2D eigenvalue weighted by Crippen LogP contribution is -2.05. The number of alkyl halides is 1. The number of halogens is 1. The highest BCUT2D eigenvalue weighted by atomic mass is 79.9. The fourth-order valence-electron chi connectivity index (χ4n) is 1.27. The van der Waals surface area contributed by atoms with Gasteiger partial charge in [0, 0.05) is 0 Å². The summed E-state index contributed by atoms with van der Waals surface area (Å²) < 4.78 is 4.90. The molecule has 0 heterocycles. The molecule has 17 heavy (non-hydrogen) atoms. The molecule has 0 aromatic heterocycles. The molecule has 0 atom stereocenters. The number of nitrogens with zero attached hydrogens (tertiary/aromatic N) is 2. The third-order valence-corrected chi connectivity index (χ3v) is 2.57. The monoisotopic (exact) mass is 298 g/mol. The molecule has 0 spiro atoms. The van der Waals surface area contributed by atoms with Gasteiger partial charge in [-0.25, -0.2) is 0 Å². The lowest BCUT2D eigenvalue weighted by Gasteiger charge is -2.06. The van der Waals surface area contributed by atoms with Crippen molar-refractivity contribution < 1.29 is 14.5 Å². The Labute approximate surface area is 105 Å².